The number of carbonyl (C=O) groups excluding carboxylic acids is 1. The van der Waals surface area contributed by atoms with E-state index in [-0.39, 0.29) is 20.5 Å². The van der Waals surface area contributed by atoms with Gasteiger partial charge in [-0.25, -0.2) is 4.79 Å². The molecule has 0 aliphatic rings. The quantitative estimate of drug-likeness (QED) is 0.374. The minimum atomic E-state index is -1.12. The fourth-order valence-electron chi connectivity index (χ4n) is 2.33. The van der Waals surface area contributed by atoms with Crippen molar-refractivity contribution in [2.45, 2.75) is 6.92 Å². The Bertz CT molecular complexity index is 1090. The first-order chi connectivity index (χ1) is 13.3. The first kappa shape index (κ1) is 20.3. The van der Waals surface area contributed by atoms with Crippen molar-refractivity contribution >= 4 is 69.7 Å². The predicted octanol–water partition coefficient (Wildman–Crippen LogP) is 5.84. The summed E-state index contributed by atoms with van der Waals surface area (Å²) in [6, 6.07) is 9.42. The molecule has 0 radical (unpaired) electrons. The molecule has 6 nitrogen and oxygen atoms in total. The zero-order valence-corrected chi connectivity index (χ0v) is 17.4. The molecule has 0 aliphatic carbocycles. The molecule has 3 aromatic rings. The van der Waals surface area contributed by atoms with Gasteiger partial charge in [-0.15, -0.1) is 11.3 Å². The van der Waals surface area contributed by atoms with Gasteiger partial charge in [0.2, 0.25) is 0 Å². The van der Waals surface area contributed by atoms with Gasteiger partial charge >= 0.3 is 5.97 Å². The largest absolute Gasteiger partial charge is 0.498 e. The highest BCUT2D eigenvalue weighted by Gasteiger charge is 2.25. The number of carbonyl (C=O) groups is 2. The molecule has 0 saturated carbocycles. The number of anilines is 1. The molecule has 10 heteroatoms. The van der Waals surface area contributed by atoms with Crippen LogP contribution in [0.2, 0.25) is 10.0 Å². The number of hydrogen-bond acceptors (Lipinski definition) is 6. The maximum absolute atomic E-state index is 12.9. The van der Waals surface area contributed by atoms with Gasteiger partial charge in [0.25, 0.3) is 5.91 Å². The highest BCUT2D eigenvalue weighted by Crippen LogP contribution is 2.43. The Kier molecular flexibility index (Phi) is 6.04. The molecule has 0 saturated heterocycles. The summed E-state index contributed by atoms with van der Waals surface area (Å²) in [7, 11) is 0. The Balaban J connectivity index is 2.00. The number of aromatic carboxylic acids is 1. The Morgan fingerprint density at radius 3 is 2.39 bits per heavy atom. The molecule has 3 rings (SSSR count). The number of carboxylic acids is 1. The fraction of sp³-hybridized carbons (Fsp3) is 0.0556. The number of carboxylic acid groups (broad SMARTS) is 1. The van der Waals surface area contributed by atoms with Crippen molar-refractivity contribution in [1.29, 1.82) is 0 Å². The SMILES string of the molecule is CC=NN(C(=O)c1ccc(C(=O)O)s1)c1cc(-c2ccc(Cl)c(Cl)c2)sc1O. The third-order valence-electron chi connectivity index (χ3n) is 3.58. The number of hydrogen-bond donors (Lipinski definition) is 2. The van der Waals surface area contributed by atoms with E-state index in [4.69, 9.17) is 28.3 Å². The van der Waals surface area contributed by atoms with Crippen LogP contribution in [-0.2, 0) is 0 Å². The zero-order chi connectivity index (χ0) is 20.4. The van der Waals surface area contributed by atoms with E-state index >= 15 is 0 Å². The lowest BCUT2D eigenvalue weighted by molar-refractivity contribution is 0.0702. The minimum absolute atomic E-state index is 0.0369. The molecule has 2 heterocycles. The zero-order valence-electron chi connectivity index (χ0n) is 14.2. The maximum atomic E-state index is 12.9. The minimum Gasteiger partial charge on any atom is -0.498 e. The van der Waals surface area contributed by atoms with Gasteiger partial charge in [-0.3, -0.25) is 4.79 Å². The summed E-state index contributed by atoms with van der Waals surface area (Å²) in [5, 5.41) is 25.2. The van der Waals surface area contributed by atoms with E-state index in [2.05, 4.69) is 5.10 Å². The Morgan fingerprint density at radius 1 is 1.07 bits per heavy atom. The molecule has 0 bridgehead atoms. The lowest BCUT2D eigenvalue weighted by Gasteiger charge is -2.14. The average molecular weight is 455 g/mol. The molecule has 0 spiro atoms. The lowest BCUT2D eigenvalue weighted by Crippen LogP contribution is -2.24. The van der Waals surface area contributed by atoms with Crippen LogP contribution in [0.1, 0.15) is 26.3 Å². The molecule has 28 heavy (non-hydrogen) atoms. The van der Waals surface area contributed by atoms with Gasteiger partial charge in [-0.2, -0.15) is 10.1 Å². The summed E-state index contributed by atoms with van der Waals surface area (Å²) in [6.45, 7) is 1.63. The van der Waals surface area contributed by atoms with E-state index in [1.54, 1.807) is 31.2 Å². The molecule has 144 valence electrons. The molecular weight excluding hydrogens is 443 g/mol. The number of halogens is 2. The summed E-state index contributed by atoms with van der Waals surface area (Å²) in [5.41, 5.74) is 0.901. The fourth-order valence-corrected chi connectivity index (χ4v) is 4.27. The van der Waals surface area contributed by atoms with Crippen LogP contribution in [0.5, 0.6) is 5.06 Å². The Hall–Kier alpha value is -2.39. The molecule has 2 aromatic heterocycles. The standard InChI is InChI=1S/C18H12Cl2N2O4S2/c1-2-21-22(16(23)13-5-6-14(27-13)17(24)25)12-8-15(28-18(12)26)9-3-4-10(19)11(20)7-9/h2-8,26H,1H3,(H,24,25). The third-order valence-corrected chi connectivity index (χ3v) is 6.35. The van der Waals surface area contributed by atoms with Crippen LogP contribution in [0.15, 0.2) is 41.5 Å². The molecule has 1 aromatic carbocycles. The second-order valence-corrected chi connectivity index (χ2v) is 8.32. The number of hydrazone groups is 1. The van der Waals surface area contributed by atoms with Crippen molar-refractivity contribution in [1.82, 2.24) is 0 Å². The molecule has 0 fully saturated rings. The predicted molar refractivity (Wildman–Crippen MR) is 114 cm³/mol. The van der Waals surface area contributed by atoms with Crippen molar-refractivity contribution in [2.24, 2.45) is 5.10 Å². The second-order valence-electron chi connectivity index (χ2n) is 5.39. The van der Waals surface area contributed by atoms with Gasteiger partial charge < -0.3 is 10.2 Å². The van der Waals surface area contributed by atoms with Crippen LogP contribution in [0, 0.1) is 0 Å². The van der Waals surface area contributed by atoms with Gasteiger partial charge in [0, 0.05) is 11.1 Å². The van der Waals surface area contributed by atoms with Crippen LogP contribution in [0.3, 0.4) is 0 Å². The number of benzene rings is 1. The van der Waals surface area contributed by atoms with E-state index in [1.807, 2.05) is 0 Å². The number of thiophene rings is 2. The van der Waals surface area contributed by atoms with Crippen molar-refractivity contribution in [3.63, 3.8) is 0 Å². The molecule has 1 amide bonds. The highest BCUT2D eigenvalue weighted by molar-refractivity contribution is 7.18. The van der Waals surface area contributed by atoms with Crippen LogP contribution in [0.4, 0.5) is 5.69 Å². The number of rotatable bonds is 5. The summed E-state index contributed by atoms with van der Waals surface area (Å²) < 4.78 is 0. The van der Waals surface area contributed by atoms with Crippen molar-refractivity contribution in [3.8, 4) is 15.5 Å². The Labute approximate surface area is 177 Å². The molecule has 0 aliphatic heterocycles. The summed E-state index contributed by atoms with van der Waals surface area (Å²) in [4.78, 5) is 24.8. The van der Waals surface area contributed by atoms with Crippen LogP contribution in [0.25, 0.3) is 10.4 Å². The van der Waals surface area contributed by atoms with E-state index in [1.165, 1.54) is 18.3 Å². The van der Waals surface area contributed by atoms with E-state index in [9.17, 15) is 14.7 Å². The number of nitrogens with zero attached hydrogens (tertiary/aromatic N) is 2. The number of aromatic hydroxyl groups is 1. The summed E-state index contributed by atoms with van der Waals surface area (Å²) >= 11 is 13.9. The lowest BCUT2D eigenvalue weighted by atomic mass is 10.2. The van der Waals surface area contributed by atoms with E-state index < -0.39 is 11.9 Å². The van der Waals surface area contributed by atoms with Crippen molar-refractivity contribution in [2.75, 3.05) is 5.01 Å². The van der Waals surface area contributed by atoms with Gasteiger partial charge in [0.15, 0.2) is 5.06 Å². The molecular formula is C18H12Cl2N2O4S2. The van der Waals surface area contributed by atoms with Crippen LogP contribution >= 0.6 is 45.9 Å². The molecule has 2 N–H and O–H groups in total. The van der Waals surface area contributed by atoms with Gasteiger partial charge in [0.05, 0.1) is 14.9 Å². The van der Waals surface area contributed by atoms with Gasteiger partial charge in [-0.05, 0) is 42.8 Å². The van der Waals surface area contributed by atoms with Crippen molar-refractivity contribution < 1.29 is 19.8 Å². The third kappa shape index (κ3) is 4.05. The average Bonchev–Trinajstić information content (AvgIpc) is 3.29. The second kappa shape index (κ2) is 8.32. The van der Waals surface area contributed by atoms with Crippen molar-refractivity contribution in [3.05, 3.63) is 56.2 Å². The van der Waals surface area contributed by atoms with Crippen LogP contribution < -0.4 is 5.01 Å². The van der Waals surface area contributed by atoms with Gasteiger partial charge in [-0.1, -0.05) is 40.6 Å². The summed E-state index contributed by atoms with van der Waals surface area (Å²) in [6.07, 6.45) is 1.40. The van der Waals surface area contributed by atoms with E-state index in [0.29, 0.717) is 14.9 Å². The molecule has 0 atom stereocenters. The van der Waals surface area contributed by atoms with Crippen LogP contribution in [-0.4, -0.2) is 28.3 Å². The highest BCUT2D eigenvalue weighted by atomic mass is 35.5. The van der Waals surface area contributed by atoms with Gasteiger partial charge in [0.1, 0.15) is 10.6 Å². The summed E-state index contributed by atoms with van der Waals surface area (Å²) in [5.74, 6) is -1.67. The first-order valence-electron chi connectivity index (χ1n) is 7.76. The topological polar surface area (TPSA) is 90.2 Å². The normalized spacial score (nSPS) is 11.1. The smallest absolute Gasteiger partial charge is 0.345 e. The Morgan fingerprint density at radius 2 is 1.79 bits per heavy atom. The van der Waals surface area contributed by atoms with E-state index in [0.717, 1.165) is 33.2 Å². The first-order valence-corrected chi connectivity index (χ1v) is 10.1. The monoisotopic (exact) mass is 454 g/mol. The molecule has 0 unspecified atom stereocenters. The number of amides is 1. The maximum Gasteiger partial charge on any atom is 0.345 e.